The summed E-state index contributed by atoms with van der Waals surface area (Å²) in [6, 6.07) is 14.6. The first kappa shape index (κ1) is 23.1. The zero-order valence-corrected chi connectivity index (χ0v) is 19.2. The second-order valence-corrected chi connectivity index (χ2v) is 10.4. The van der Waals surface area contributed by atoms with Crippen LogP contribution in [0.1, 0.15) is 43.4 Å². The Bertz CT molecular complexity index is 983. The van der Waals surface area contributed by atoms with E-state index < -0.39 is 10.0 Å². The van der Waals surface area contributed by atoms with Crippen molar-refractivity contribution in [3.63, 3.8) is 0 Å². The summed E-state index contributed by atoms with van der Waals surface area (Å²) in [5.41, 5.74) is 1.62. The standard InChI is InChI=1S/C22H26Cl2N2O3S/c1-2-21(17-7-4-3-5-8-17)25-22(27)18-9-6-12-26(14-18)30(28,29)15-16-10-11-19(23)20(24)13-16/h3-5,7-8,10-11,13,18,21H,2,6,9,12,14-15H2,1H3,(H,25,27)/t18-,21-/m1/s1. The van der Waals surface area contributed by atoms with E-state index in [1.54, 1.807) is 18.2 Å². The van der Waals surface area contributed by atoms with Gasteiger partial charge in [-0.1, -0.05) is 66.5 Å². The van der Waals surface area contributed by atoms with Crippen LogP contribution in [0.5, 0.6) is 0 Å². The van der Waals surface area contributed by atoms with Gasteiger partial charge in [-0.2, -0.15) is 0 Å². The molecule has 162 valence electrons. The largest absolute Gasteiger partial charge is 0.349 e. The van der Waals surface area contributed by atoms with Crippen LogP contribution in [0.2, 0.25) is 10.0 Å². The Morgan fingerprint density at radius 1 is 1.17 bits per heavy atom. The van der Waals surface area contributed by atoms with Gasteiger partial charge in [0.1, 0.15) is 0 Å². The van der Waals surface area contributed by atoms with Crippen LogP contribution in [0.3, 0.4) is 0 Å². The molecule has 2 aromatic rings. The number of nitrogens with one attached hydrogen (secondary N) is 1. The molecular weight excluding hydrogens is 443 g/mol. The molecule has 0 saturated carbocycles. The molecule has 0 bridgehead atoms. The molecule has 0 spiro atoms. The van der Waals surface area contributed by atoms with E-state index in [9.17, 15) is 13.2 Å². The number of piperidine rings is 1. The van der Waals surface area contributed by atoms with E-state index in [1.807, 2.05) is 37.3 Å². The fraction of sp³-hybridized carbons (Fsp3) is 0.409. The highest BCUT2D eigenvalue weighted by Gasteiger charge is 2.33. The van der Waals surface area contributed by atoms with E-state index in [0.717, 1.165) is 12.0 Å². The number of sulfonamides is 1. The third kappa shape index (κ3) is 5.76. The van der Waals surface area contributed by atoms with Gasteiger partial charge in [0.05, 0.1) is 27.8 Å². The van der Waals surface area contributed by atoms with Gasteiger partial charge < -0.3 is 5.32 Å². The molecule has 1 heterocycles. The van der Waals surface area contributed by atoms with Crippen LogP contribution in [0, 0.1) is 5.92 Å². The molecule has 2 aromatic carbocycles. The number of hydrogen-bond donors (Lipinski definition) is 1. The van der Waals surface area contributed by atoms with Gasteiger partial charge in [0.2, 0.25) is 15.9 Å². The first-order valence-corrected chi connectivity index (χ1v) is 12.4. The molecule has 1 saturated heterocycles. The third-order valence-corrected chi connectivity index (χ3v) is 7.96. The number of hydrogen-bond acceptors (Lipinski definition) is 3. The maximum absolute atomic E-state index is 12.9. The number of nitrogens with zero attached hydrogens (tertiary/aromatic N) is 1. The van der Waals surface area contributed by atoms with Crippen molar-refractivity contribution in [1.29, 1.82) is 0 Å². The molecule has 1 aliphatic rings. The Morgan fingerprint density at radius 3 is 2.57 bits per heavy atom. The summed E-state index contributed by atoms with van der Waals surface area (Å²) in [6.07, 6.45) is 2.10. The number of benzene rings is 2. The number of rotatable bonds is 7. The summed E-state index contributed by atoms with van der Waals surface area (Å²) in [5.74, 6) is -0.625. The molecule has 1 fully saturated rings. The van der Waals surface area contributed by atoms with Crippen molar-refractivity contribution >= 4 is 39.1 Å². The van der Waals surface area contributed by atoms with E-state index in [2.05, 4.69) is 5.32 Å². The van der Waals surface area contributed by atoms with Crippen molar-refractivity contribution in [3.8, 4) is 0 Å². The van der Waals surface area contributed by atoms with E-state index >= 15 is 0 Å². The Morgan fingerprint density at radius 2 is 1.90 bits per heavy atom. The zero-order valence-electron chi connectivity index (χ0n) is 16.9. The minimum absolute atomic E-state index is 0.0816. The lowest BCUT2D eigenvalue weighted by Crippen LogP contribution is -2.46. The predicted octanol–water partition coefficient (Wildman–Crippen LogP) is 4.80. The van der Waals surface area contributed by atoms with Gasteiger partial charge in [-0.05, 0) is 42.5 Å². The molecule has 1 N–H and O–H groups in total. The second kappa shape index (κ2) is 10.1. The summed E-state index contributed by atoms with van der Waals surface area (Å²) < 4.78 is 27.3. The van der Waals surface area contributed by atoms with E-state index in [4.69, 9.17) is 23.2 Å². The molecule has 5 nitrogen and oxygen atoms in total. The first-order chi connectivity index (χ1) is 14.3. The SMILES string of the molecule is CC[C@@H](NC(=O)[C@@H]1CCCN(S(=O)(=O)Cc2ccc(Cl)c(Cl)c2)C1)c1ccccc1. The lowest BCUT2D eigenvalue weighted by atomic mass is 9.97. The van der Waals surface area contributed by atoms with E-state index in [0.29, 0.717) is 35.0 Å². The normalized spacial score (nSPS) is 18.7. The summed E-state index contributed by atoms with van der Waals surface area (Å²) in [6.45, 7) is 2.64. The van der Waals surface area contributed by atoms with Crippen LogP contribution in [0.4, 0.5) is 0 Å². The Labute approximate surface area is 188 Å². The fourth-order valence-electron chi connectivity index (χ4n) is 3.74. The summed E-state index contributed by atoms with van der Waals surface area (Å²) in [7, 11) is -3.57. The Hall–Kier alpha value is -1.60. The Balaban J connectivity index is 1.66. The molecule has 1 amide bonds. The molecule has 0 unspecified atom stereocenters. The smallest absolute Gasteiger partial charge is 0.224 e. The fourth-order valence-corrected chi connectivity index (χ4v) is 5.65. The maximum atomic E-state index is 12.9. The van der Waals surface area contributed by atoms with Crippen molar-refractivity contribution in [2.75, 3.05) is 13.1 Å². The van der Waals surface area contributed by atoms with Crippen LogP contribution in [-0.2, 0) is 20.6 Å². The number of amides is 1. The van der Waals surface area contributed by atoms with Crippen LogP contribution >= 0.6 is 23.2 Å². The van der Waals surface area contributed by atoms with Crippen molar-refractivity contribution in [1.82, 2.24) is 9.62 Å². The van der Waals surface area contributed by atoms with Crippen LogP contribution in [0.25, 0.3) is 0 Å². The summed E-state index contributed by atoms with van der Waals surface area (Å²) >= 11 is 11.9. The predicted molar refractivity (Wildman–Crippen MR) is 121 cm³/mol. The molecule has 1 aliphatic heterocycles. The van der Waals surface area contributed by atoms with Gasteiger partial charge in [-0.15, -0.1) is 0 Å². The zero-order chi connectivity index (χ0) is 21.7. The van der Waals surface area contributed by atoms with Gasteiger partial charge in [0.25, 0.3) is 0 Å². The molecule has 0 radical (unpaired) electrons. The molecule has 8 heteroatoms. The highest BCUT2D eigenvalue weighted by atomic mass is 35.5. The highest BCUT2D eigenvalue weighted by molar-refractivity contribution is 7.88. The summed E-state index contributed by atoms with van der Waals surface area (Å²) in [5, 5.41) is 3.81. The van der Waals surface area contributed by atoms with Crippen LogP contribution in [0.15, 0.2) is 48.5 Å². The van der Waals surface area contributed by atoms with Crippen molar-refractivity contribution < 1.29 is 13.2 Å². The topological polar surface area (TPSA) is 66.5 Å². The van der Waals surface area contributed by atoms with Crippen LogP contribution in [-0.4, -0.2) is 31.7 Å². The molecule has 2 atom stereocenters. The molecule has 30 heavy (non-hydrogen) atoms. The van der Waals surface area contributed by atoms with Crippen LogP contribution < -0.4 is 5.32 Å². The van der Waals surface area contributed by atoms with Gasteiger partial charge in [-0.25, -0.2) is 12.7 Å². The minimum Gasteiger partial charge on any atom is -0.349 e. The minimum atomic E-state index is -3.57. The molecule has 0 aliphatic carbocycles. The van der Waals surface area contributed by atoms with Crippen molar-refractivity contribution in [2.45, 2.75) is 38.0 Å². The molecule has 0 aromatic heterocycles. The third-order valence-electron chi connectivity index (χ3n) is 5.41. The second-order valence-electron chi connectivity index (χ2n) is 7.58. The van der Waals surface area contributed by atoms with Crippen molar-refractivity contribution in [2.24, 2.45) is 5.92 Å². The average Bonchev–Trinajstić information content (AvgIpc) is 2.75. The van der Waals surface area contributed by atoms with Gasteiger partial charge in [0.15, 0.2) is 0 Å². The number of carbonyl (C=O) groups excluding carboxylic acids is 1. The van der Waals surface area contributed by atoms with Gasteiger partial charge >= 0.3 is 0 Å². The Kier molecular flexibility index (Phi) is 7.80. The first-order valence-electron chi connectivity index (χ1n) is 10.1. The monoisotopic (exact) mass is 468 g/mol. The average molecular weight is 469 g/mol. The van der Waals surface area contributed by atoms with Crippen molar-refractivity contribution in [3.05, 3.63) is 69.7 Å². The van der Waals surface area contributed by atoms with Gasteiger partial charge in [0, 0.05) is 13.1 Å². The van der Waals surface area contributed by atoms with E-state index in [1.165, 1.54) is 4.31 Å². The molecule has 3 rings (SSSR count). The maximum Gasteiger partial charge on any atom is 0.224 e. The number of halogens is 2. The lowest BCUT2D eigenvalue weighted by molar-refractivity contribution is -0.126. The molecular formula is C22H26Cl2N2O3S. The highest BCUT2D eigenvalue weighted by Crippen LogP contribution is 2.26. The van der Waals surface area contributed by atoms with Gasteiger partial charge in [-0.3, -0.25) is 4.79 Å². The summed E-state index contributed by atoms with van der Waals surface area (Å²) in [4.78, 5) is 12.9. The lowest BCUT2D eigenvalue weighted by Gasteiger charge is -2.32. The quantitative estimate of drug-likeness (QED) is 0.634. The van der Waals surface area contributed by atoms with E-state index in [-0.39, 0.29) is 30.2 Å². The number of carbonyl (C=O) groups is 1.